The van der Waals surface area contributed by atoms with Crippen LogP contribution in [0, 0.1) is 0 Å². The van der Waals surface area contributed by atoms with E-state index in [4.69, 9.17) is 9.47 Å². The Bertz CT molecular complexity index is 587. The molecule has 0 aromatic carbocycles. The minimum atomic E-state index is -0.481. The van der Waals surface area contributed by atoms with Gasteiger partial charge >= 0.3 is 6.09 Å². The van der Waals surface area contributed by atoms with E-state index in [2.05, 4.69) is 11.9 Å². The van der Waals surface area contributed by atoms with Crippen LogP contribution in [0.25, 0.3) is 0 Å². The Morgan fingerprint density at radius 2 is 2.28 bits per heavy atom. The molecule has 0 bridgehead atoms. The molecule has 2 fully saturated rings. The van der Waals surface area contributed by atoms with E-state index in [-0.39, 0.29) is 25.1 Å². The Morgan fingerprint density at radius 1 is 1.48 bits per heavy atom. The van der Waals surface area contributed by atoms with Crippen molar-refractivity contribution < 1.29 is 23.9 Å². The number of rotatable bonds is 8. The van der Waals surface area contributed by atoms with Crippen molar-refractivity contribution in [3.8, 4) is 0 Å². The Balaban J connectivity index is 2.04. The Kier molecular flexibility index (Phi) is 6.76. The van der Waals surface area contributed by atoms with Gasteiger partial charge in [0.25, 0.3) is 0 Å². The molecule has 0 aromatic rings. The van der Waals surface area contributed by atoms with E-state index in [0.29, 0.717) is 31.8 Å². The van der Waals surface area contributed by atoms with Gasteiger partial charge in [0.05, 0.1) is 19.7 Å². The summed E-state index contributed by atoms with van der Waals surface area (Å²) in [6.45, 7) is 7.31. The number of ether oxygens (including phenoxy) is 2. The molecule has 3 amide bonds. The van der Waals surface area contributed by atoms with Crippen molar-refractivity contribution in [2.24, 2.45) is 0 Å². The van der Waals surface area contributed by atoms with Crippen LogP contribution in [0.3, 0.4) is 0 Å². The highest BCUT2D eigenvalue weighted by molar-refractivity contribution is 5.78. The minimum absolute atomic E-state index is 0.0572. The van der Waals surface area contributed by atoms with Gasteiger partial charge in [-0.1, -0.05) is 18.7 Å². The second-order valence-corrected chi connectivity index (χ2v) is 5.71. The lowest BCUT2D eigenvalue weighted by Crippen LogP contribution is -2.45. The third kappa shape index (κ3) is 4.93. The zero-order chi connectivity index (χ0) is 18.2. The van der Waals surface area contributed by atoms with Crippen molar-refractivity contribution in [3.63, 3.8) is 0 Å². The molecule has 0 aliphatic carbocycles. The second-order valence-electron chi connectivity index (χ2n) is 5.71. The highest BCUT2D eigenvalue weighted by Gasteiger charge is 2.32. The molecule has 8 nitrogen and oxygen atoms in total. The maximum Gasteiger partial charge on any atom is 0.414 e. The molecule has 2 rings (SSSR count). The van der Waals surface area contributed by atoms with Crippen LogP contribution < -0.4 is 5.32 Å². The summed E-state index contributed by atoms with van der Waals surface area (Å²) in [6, 6.07) is -0.129. The van der Waals surface area contributed by atoms with Crippen molar-refractivity contribution in [2.75, 3.05) is 32.8 Å². The maximum absolute atomic E-state index is 12.1. The molecule has 2 unspecified atom stereocenters. The standard InChI is InChI=1S/C17H23N3O5/c1-3-4-14(20-10-15(9-18-12-21)25-17(20)23)6-5-13(2)19-7-8-24-11-16(19)22/h3-6,12-13,15H,1,7-11H2,2H3,(H,18,21)/b6-5-,14-4+. The molecule has 2 heterocycles. The molecule has 0 aromatic heterocycles. The van der Waals surface area contributed by atoms with Gasteiger partial charge in [-0.3, -0.25) is 14.5 Å². The molecule has 2 aliphatic heterocycles. The first-order chi connectivity index (χ1) is 12.1. The molecule has 25 heavy (non-hydrogen) atoms. The maximum atomic E-state index is 12.1. The molecule has 8 heteroatoms. The van der Waals surface area contributed by atoms with E-state index in [1.807, 2.05) is 13.0 Å². The molecular formula is C17H23N3O5. The fourth-order valence-corrected chi connectivity index (χ4v) is 2.68. The summed E-state index contributed by atoms with van der Waals surface area (Å²) >= 11 is 0. The summed E-state index contributed by atoms with van der Waals surface area (Å²) < 4.78 is 10.3. The number of nitrogens with zero attached hydrogens (tertiary/aromatic N) is 2. The zero-order valence-electron chi connectivity index (χ0n) is 14.2. The number of cyclic esters (lactones) is 1. The lowest BCUT2D eigenvalue weighted by atomic mass is 10.2. The number of hydrogen-bond donors (Lipinski definition) is 1. The van der Waals surface area contributed by atoms with E-state index in [1.54, 1.807) is 23.1 Å². The number of hydrogen-bond acceptors (Lipinski definition) is 5. The molecule has 0 radical (unpaired) electrons. The Morgan fingerprint density at radius 3 is 2.96 bits per heavy atom. The van der Waals surface area contributed by atoms with Crippen molar-refractivity contribution in [1.82, 2.24) is 15.1 Å². The lowest BCUT2D eigenvalue weighted by Gasteiger charge is -2.31. The summed E-state index contributed by atoms with van der Waals surface area (Å²) in [7, 11) is 0. The average Bonchev–Trinajstić information content (AvgIpc) is 2.97. The number of amides is 3. The molecule has 2 aliphatic rings. The van der Waals surface area contributed by atoms with Crippen LogP contribution in [0.4, 0.5) is 4.79 Å². The summed E-state index contributed by atoms with van der Waals surface area (Å²) in [4.78, 5) is 37.5. The lowest BCUT2D eigenvalue weighted by molar-refractivity contribution is -0.144. The fourth-order valence-electron chi connectivity index (χ4n) is 2.68. The van der Waals surface area contributed by atoms with Crippen LogP contribution in [0.2, 0.25) is 0 Å². The molecule has 2 atom stereocenters. The molecular weight excluding hydrogens is 326 g/mol. The molecule has 136 valence electrons. The van der Waals surface area contributed by atoms with E-state index in [9.17, 15) is 14.4 Å². The molecule has 0 spiro atoms. The summed E-state index contributed by atoms with van der Waals surface area (Å²) in [6.07, 6.45) is 6.57. The Labute approximate surface area is 146 Å². The first kappa shape index (κ1) is 18.7. The highest BCUT2D eigenvalue weighted by atomic mass is 16.6. The van der Waals surface area contributed by atoms with Gasteiger partial charge < -0.3 is 19.7 Å². The second kappa shape index (κ2) is 9.03. The first-order valence-corrected chi connectivity index (χ1v) is 8.10. The predicted molar refractivity (Wildman–Crippen MR) is 90.5 cm³/mol. The number of nitrogens with one attached hydrogen (secondary N) is 1. The summed E-state index contributed by atoms with van der Waals surface area (Å²) in [5, 5.41) is 2.50. The molecule has 0 saturated carbocycles. The van der Waals surface area contributed by atoms with E-state index in [0.717, 1.165) is 0 Å². The van der Waals surface area contributed by atoms with Gasteiger partial charge in [0.15, 0.2) is 0 Å². The number of morpholine rings is 1. The van der Waals surface area contributed by atoms with Crippen molar-refractivity contribution >= 4 is 18.4 Å². The first-order valence-electron chi connectivity index (χ1n) is 8.10. The van der Waals surface area contributed by atoms with Crippen molar-refractivity contribution in [1.29, 1.82) is 0 Å². The molecule has 1 N–H and O–H groups in total. The summed E-state index contributed by atoms with van der Waals surface area (Å²) in [5.41, 5.74) is 0.612. The Hall–Kier alpha value is -2.61. The summed E-state index contributed by atoms with van der Waals surface area (Å²) in [5.74, 6) is -0.0572. The van der Waals surface area contributed by atoms with Gasteiger partial charge in [0.1, 0.15) is 12.7 Å². The minimum Gasteiger partial charge on any atom is -0.442 e. The monoisotopic (exact) mass is 349 g/mol. The van der Waals surface area contributed by atoms with Crippen LogP contribution >= 0.6 is 0 Å². The fraction of sp³-hybridized carbons (Fsp3) is 0.471. The zero-order valence-corrected chi connectivity index (χ0v) is 14.2. The van der Waals surface area contributed by atoms with Crippen molar-refractivity contribution in [2.45, 2.75) is 19.1 Å². The quantitative estimate of drug-likeness (QED) is 0.507. The van der Waals surface area contributed by atoms with Gasteiger partial charge in [0, 0.05) is 18.3 Å². The highest BCUT2D eigenvalue weighted by Crippen LogP contribution is 2.19. The number of allylic oxidation sites excluding steroid dienone is 3. The van der Waals surface area contributed by atoms with Crippen LogP contribution in [0.1, 0.15) is 6.92 Å². The number of carbonyl (C=O) groups is 3. The van der Waals surface area contributed by atoms with Gasteiger partial charge in [-0.05, 0) is 19.1 Å². The van der Waals surface area contributed by atoms with Crippen molar-refractivity contribution in [3.05, 3.63) is 36.6 Å². The van der Waals surface area contributed by atoms with Gasteiger partial charge in [-0.15, -0.1) is 0 Å². The van der Waals surface area contributed by atoms with Crippen LogP contribution in [0.5, 0.6) is 0 Å². The van der Waals surface area contributed by atoms with Crippen LogP contribution in [-0.2, 0) is 19.1 Å². The molecule has 2 saturated heterocycles. The van der Waals surface area contributed by atoms with E-state index >= 15 is 0 Å². The average molecular weight is 349 g/mol. The van der Waals surface area contributed by atoms with Gasteiger partial charge in [0.2, 0.25) is 12.3 Å². The third-order valence-corrected chi connectivity index (χ3v) is 3.96. The van der Waals surface area contributed by atoms with Crippen LogP contribution in [-0.4, -0.2) is 73.2 Å². The number of carbonyl (C=O) groups excluding carboxylic acids is 3. The van der Waals surface area contributed by atoms with Crippen LogP contribution in [0.15, 0.2) is 36.6 Å². The van der Waals surface area contributed by atoms with E-state index in [1.165, 1.54) is 4.90 Å². The predicted octanol–water partition coefficient (Wildman–Crippen LogP) is 0.427. The van der Waals surface area contributed by atoms with E-state index < -0.39 is 12.2 Å². The SMILES string of the molecule is C=C/C=C(\C=C/C(C)N1CCOCC1=O)N1CC(CNC=O)OC1=O. The van der Waals surface area contributed by atoms with Gasteiger partial charge in [-0.25, -0.2) is 4.79 Å². The normalized spacial score (nSPS) is 22.9. The largest absolute Gasteiger partial charge is 0.442 e. The third-order valence-electron chi connectivity index (χ3n) is 3.96. The smallest absolute Gasteiger partial charge is 0.414 e. The topological polar surface area (TPSA) is 88.2 Å². The van der Waals surface area contributed by atoms with Gasteiger partial charge in [-0.2, -0.15) is 0 Å².